The van der Waals surface area contributed by atoms with Gasteiger partial charge in [0.2, 0.25) is 11.9 Å². The third kappa shape index (κ3) is 3.47. The Morgan fingerprint density at radius 3 is 2.71 bits per heavy atom. The Balaban J connectivity index is 1.69. The fourth-order valence-electron chi connectivity index (χ4n) is 3.93. The van der Waals surface area contributed by atoms with Crippen LogP contribution in [0.1, 0.15) is 30.4 Å². The van der Waals surface area contributed by atoms with Crippen LogP contribution in [0.15, 0.2) is 29.1 Å². The molecular formula is C20H25N5O3. The summed E-state index contributed by atoms with van der Waals surface area (Å²) in [5, 5.41) is 2.79. The summed E-state index contributed by atoms with van der Waals surface area (Å²) in [6.07, 6.45) is 0.208. The van der Waals surface area contributed by atoms with Crippen LogP contribution in [0.2, 0.25) is 0 Å². The lowest BCUT2D eigenvalue weighted by atomic mass is 9.87. The molecular weight excluding hydrogens is 358 g/mol. The number of ether oxygens (including phenoxy) is 1. The number of H-pyrrole nitrogens is 1. The number of aromatic amines is 1. The Hall–Kier alpha value is -2.87. The highest BCUT2D eigenvalue weighted by Crippen LogP contribution is 2.35. The first-order chi connectivity index (χ1) is 13.6. The molecule has 0 bridgehead atoms. The van der Waals surface area contributed by atoms with E-state index in [4.69, 9.17) is 4.74 Å². The van der Waals surface area contributed by atoms with Gasteiger partial charge in [-0.15, -0.1) is 0 Å². The number of hydrogen-bond acceptors (Lipinski definition) is 6. The second kappa shape index (κ2) is 7.63. The second-order valence-electron chi connectivity index (χ2n) is 7.15. The minimum Gasteiger partial charge on any atom is -0.497 e. The normalized spacial score (nSPS) is 19.9. The van der Waals surface area contributed by atoms with Crippen LogP contribution in [-0.2, 0) is 4.79 Å². The van der Waals surface area contributed by atoms with E-state index >= 15 is 0 Å². The SMILES string of the molecule is CCN1CCN(c2nc3c(c(=O)[nH]2)[C@H](c2cccc(OC)c2)CC(=O)N3)CC1. The summed E-state index contributed by atoms with van der Waals surface area (Å²) >= 11 is 0. The number of methoxy groups -OCH3 is 1. The zero-order valence-corrected chi connectivity index (χ0v) is 16.2. The first-order valence-electron chi connectivity index (χ1n) is 9.64. The van der Waals surface area contributed by atoms with Gasteiger partial charge in [0.1, 0.15) is 11.6 Å². The van der Waals surface area contributed by atoms with Crippen LogP contribution in [-0.4, -0.2) is 60.6 Å². The number of amides is 1. The Bertz CT molecular complexity index is 934. The first kappa shape index (κ1) is 18.5. The summed E-state index contributed by atoms with van der Waals surface area (Å²) < 4.78 is 5.29. The highest BCUT2D eigenvalue weighted by molar-refractivity contribution is 5.94. The van der Waals surface area contributed by atoms with Crippen molar-refractivity contribution in [2.24, 2.45) is 0 Å². The summed E-state index contributed by atoms with van der Waals surface area (Å²) in [6, 6.07) is 7.48. The maximum Gasteiger partial charge on any atom is 0.258 e. The monoisotopic (exact) mass is 383 g/mol. The molecule has 1 aromatic heterocycles. The van der Waals surface area contributed by atoms with E-state index in [1.165, 1.54) is 0 Å². The molecule has 148 valence electrons. The van der Waals surface area contributed by atoms with E-state index in [1.54, 1.807) is 7.11 Å². The number of carbonyl (C=O) groups is 1. The van der Waals surface area contributed by atoms with Gasteiger partial charge in [-0.25, -0.2) is 0 Å². The van der Waals surface area contributed by atoms with E-state index in [0.29, 0.717) is 23.1 Å². The molecule has 1 amide bonds. The second-order valence-corrected chi connectivity index (χ2v) is 7.15. The van der Waals surface area contributed by atoms with Crippen LogP contribution in [0.4, 0.5) is 11.8 Å². The molecule has 28 heavy (non-hydrogen) atoms. The Morgan fingerprint density at radius 2 is 2.00 bits per heavy atom. The number of nitrogens with zero attached hydrogens (tertiary/aromatic N) is 3. The van der Waals surface area contributed by atoms with Crippen molar-refractivity contribution in [3.05, 3.63) is 45.7 Å². The van der Waals surface area contributed by atoms with Gasteiger partial charge in [-0.1, -0.05) is 19.1 Å². The van der Waals surface area contributed by atoms with E-state index < -0.39 is 0 Å². The quantitative estimate of drug-likeness (QED) is 0.829. The number of aromatic nitrogens is 2. The smallest absolute Gasteiger partial charge is 0.258 e. The number of hydrogen-bond donors (Lipinski definition) is 2. The van der Waals surface area contributed by atoms with Crippen molar-refractivity contribution >= 4 is 17.7 Å². The molecule has 0 radical (unpaired) electrons. The van der Waals surface area contributed by atoms with E-state index in [0.717, 1.165) is 38.3 Å². The van der Waals surface area contributed by atoms with Gasteiger partial charge in [0, 0.05) is 38.5 Å². The van der Waals surface area contributed by atoms with E-state index in [9.17, 15) is 9.59 Å². The summed E-state index contributed by atoms with van der Waals surface area (Å²) in [5.41, 5.74) is 1.17. The van der Waals surface area contributed by atoms with Crippen LogP contribution in [0, 0.1) is 0 Å². The van der Waals surface area contributed by atoms with Crippen molar-refractivity contribution < 1.29 is 9.53 Å². The molecule has 1 atom stereocenters. The van der Waals surface area contributed by atoms with Gasteiger partial charge in [0.25, 0.3) is 5.56 Å². The van der Waals surface area contributed by atoms with Gasteiger partial charge in [-0.05, 0) is 24.2 Å². The molecule has 1 fully saturated rings. The predicted octanol–water partition coefficient (Wildman–Crippen LogP) is 1.39. The Morgan fingerprint density at radius 1 is 1.21 bits per heavy atom. The zero-order chi connectivity index (χ0) is 19.7. The van der Waals surface area contributed by atoms with E-state index in [1.807, 2.05) is 24.3 Å². The summed E-state index contributed by atoms with van der Waals surface area (Å²) in [7, 11) is 1.60. The van der Waals surface area contributed by atoms with Gasteiger partial charge in [-0.3, -0.25) is 14.6 Å². The van der Waals surface area contributed by atoms with Crippen LogP contribution >= 0.6 is 0 Å². The van der Waals surface area contributed by atoms with Crippen molar-refractivity contribution in [3.8, 4) is 5.75 Å². The first-order valence-corrected chi connectivity index (χ1v) is 9.64. The molecule has 1 saturated heterocycles. The number of likely N-dealkylation sites (N-methyl/N-ethyl adjacent to an activating group) is 1. The third-order valence-electron chi connectivity index (χ3n) is 5.55. The highest BCUT2D eigenvalue weighted by atomic mass is 16.5. The number of benzene rings is 1. The number of carbonyl (C=O) groups excluding carboxylic acids is 1. The van der Waals surface area contributed by atoms with Crippen molar-refractivity contribution in [1.82, 2.24) is 14.9 Å². The number of anilines is 2. The van der Waals surface area contributed by atoms with E-state index in [-0.39, 0.29) is 23.8 Å². The highest BCUT2D eigenvalue weighted by Gasteiger charge is 2.32. The molecule has 0 aliphatic carbocycles. The summed E-state index contributed by atoms with van der Waals surface area (Å²) in [6.45, 7) is 6.60. The summed E-state index contributed by atoms with van der Waals surface area (Å²) in [4.78, 5) is 37.3. The lowest BCUT2D eigenvalue weighted by Crippen LogP contribution is -2.47. The third-order valence-corrected chi connectivity index (χ3v) is 5.55. The summed E-state index contributed by atoms with van der Waals surface area (Å²) in [5.74, 6) is 1.09. The van der Waals surface area contributed by atoms with Gasteiger partial charge in [0.05, 0.1) is 12.7 Å². The van der Waals surface area contributed by atoms with Crippen molar-refractivity contribution in [1.29, 1.82) is 0 Å². The zero-order valence-electron chi connectivity index (χ0n) is 16.2. The molecule has 2 aromatic rings. The fraction of sp³-hybridized carbons (Fsp3) is 0.450. The predicted molar refractivity (Wildman–Crippen MR) is 107 cm³/mol. The molecule has 0 saturated carbocycles. The van der Waals surface area contributed by atoms with Crippen molar-refractivity contribution in [2.45, 2.75) is 19.3 Å². The number of rotatable bonds is 4. The molecule has 4 rings (SSSR count). The Labute approximate surface area is 163 Å². The molecule has 1 aromatic carbocycles. The molecule has 2 N–H and O–H groups in total. The maximum atomic E-state index is 13.0. The van der Waals surface area contributed by atoms with Crippen LogP contribution in [0.25, 0.3) is 0 Å². The number of fused-ring (bicyclic) bond motifs is 1. The Kier molecular flexibility index (Phi) is 5.04. The molecule has 0 unspecified atom stereocenters. The van der Waals surface area contributed by atoms with Gasteiger partial charge < -0.3 is 19.9 Å². The molecule has 3 heterocycles. The average Bonchev–Trinajstić information content (AvgIpc) is 2.73. The molecule has 8 heteroatoms. The lowest BCUT2D eigenvalue weighted by molar-refractivity contribution is -0.116. The molecule has 2 aliphatic heterocycles. The molecule has 8 nitrogen and oxygen atoms in total. The van der Waals surface area contributed by atoms with E-state index in [2.05, 4.69) is 32.0 Å². The standard InChI is InChI=1S/C20H25N5O3/c1-3-24-7-9-25(10-8-24)20-22-18-17(19(27)23-20)15(12-16(26)21-18)13-5-4-6-14(11-13)28-2/h4-6,11,15H,3,7-10,12H2,1-2H3,(H2,21,22,23,26,27)/t15-/m0/s1. The fourth-order valence-corrected chi connectivity index (χ4v) is 3.93. The van der Waals surface area contributed by atoms with Crippen LogP contribution < -0.4 is 20.5 Å². The van der Waals surface area contributed by atoms with Crippen molar-refractivity contribution in [2.75, 3.05) is 50.1 Å². The van der Waals surface area contributed by atoms with Crippen molar-refractivity contribution in [3.63, 3.8) is 0 Å². The average molecular weight is 383 g/mol. The van der Waals surface area contributed by atoms with Gasteiger partial charge >= 0.3 is 0 Å². The van der Waals surface area contributed by atoms with Crippen LogP contribution in [0.5, 0.6) is 5.75 Å². The number of nitrogens with one attached hydrogen (secondary N) is 2. The minimum atomic E-state index is -0.346. The van der Waals surface area contributed by atoms with Gasteiger partial charge in [-0.2, -0.15) is 4.98 Å². The number of piperazine rings is 1. The maximum absolute atomic E-state index is 13.0. The van der Waals surface area contributed by atoms with Crippen LogP contribution in [0.3, 0.4) is 0 Å². The molecule has 2 aliphatic rings. The largest absolute Gasteiger partial charge is 0.497 e. The lowest BCUT2D eigenvalue weighted by Gasteiger charge is -2.35. The van der Waals surface area contributed by atoms with Gasteiger partial charge in [0.15, 0.2) is 0 Å². The molecule has 0 spiro atoms. The topological polar surface area (TPSA) is 90.6 Å². The minimum absolute atomic E-state index is 0.139.